The predicted molar refractivity (Wildman–Crippen MR) is 91.8 cm³/mol. The van der Waals surface area contributed by atoms with Gasteiger partial charge in [-0.25, -0.2) is 9.50 Å². The van der Waals surface area contributed by atoms with Gasteiger partial charge in [-0.2, -0.15) is 4.98 Å². The second-order valence-electron chi connectivity index (χ2n) is 6.67. The molecule has 3 rings (SSSR count). The summed E-state index contributed by atoms with van der Waals surface area (Å²) in [6.45, 7) is 6.64. The van der Waals surface area contributed by atoms with Crippen LogP contribution in [0.2, 0.25) is 0 Å². The van der Waals surface area contributed by atoms with Crippen LogP contribution in [0.5, 0.6) is 0 Å². The zero-order valence-electron chi connectivity index (χ0n) is 14.7. The Hall–Kier alpha value is -2.02. The van der Waals surface area contributed by atoms with Crippen molar-refractivity contribution in [1.29, 1.82) is 0 Å². The molecule has 130 valence electrons. The number of nitrogens with zero attached hydrogens (tertiary/aromatic N) is 5. The van der Waals surface area contributed by atoms with Crippen LogP contribution >= 0.6 is 0 Å². The van der Waals surface area contributed by atoms with Crippen LogP contribution in [0.25, 0.3) is 5.78 Å². The molecule has 2 aromatic heterocycles. The van der Waals surface area contributed by atoms with Gasteiger partial charge in [-0.1, -0.05) is 0 Å². The van der Waals surface area contributed by atoms with Gasteiger partial charge in [0.1, 0.15) is 0 Å². The van der Waals surface area contributed by atoms with Crippen molar-refractivity contribution in [2.75, 3.05) is 26.7 Å². The maximum absolute atomic E-state index is 12.5. The van der Waals surface area contributed by atoms with Gasteiger partial charge < -0.3 is 10.2 Å². The first-order valence-electron chi connectivity index (χ1n) is 8.69. The number of likely N-dealkylation sites (tertiary alicyclic amines) is 1. The molecule has 7 nitrogen and oxygen atoms in total. The van der Waals surface area contributed by atoms with Crippen molar-refractivity contribution in [3.05, 3.63) is 23.3 Å². The summed E-state index contributed by atoms with van der Waals surface area (Å²) in [5.74, 6) is 1.97. The van der Waals surface area contributed by atoms with E-state index in [1.54, 1.807) is 4.52 Å². The van der Waals surface area contributed by atoms with Crippen LogP contribution < -0.4 is 5.32 Å². The van der Waals surface area contributed by atoms with Gasteiger partial charge in [-0.15, -0.1) is 5.10 Å². The Balaban J connectivity index is 1.60. The van der Waals surface area contributed by atoms with Crippen LogP contribution in [0.3, 0.4) is 0 Å². The van der Waals surface area contributed by atoms with Gasteiger partial charge in [0.25, 0.3) is 5.78 Å². The molecule has 1 aliphatic heterocycles. The molecule has 0 spiro atoms. The van der Waals surface area contributed by atoms with Gasteiger partial charge in [0, 0.05) is 24.5 Å². The molecule has 7 heteroatoms. The third-order valence-electron chi connectivity index (χ3n) is 4.74. The Bertz CT molecular complexity index is 717. The number of hydrogen-bond acceptors (Lipinski definition) is 5. The molecule has 24 heavy (non-hydrogen) atoms. The highest BCUT2D eigenvalue weighted by molar-refractivity contribution is 5.78. The lowest BCUT2D eigenvalue weighted by Gasteiger charge is -2.31. The Kier molecular flexibility index (Phi) is 5.08. The summed E-state index contributed by atoms with van der Waals surface area (Å²) < 4.78 is 1.71. The number of carbonyl (C=O) groups is 1. The molecule has 0 aliphatic carbocycles. The average molecular weight is 330 g/mol. The number of aromatic nitrogens is 4. The number of hydrogen-bond donors (Lipinski definition) is 1. The van der Waals surface area contributed by atoms with E-state index in [-0.39, 0.29) is 12.3 Å². The first-order chi connectivity index (χ1) is 11.6. The van der Waals surface area contributed by atoms with E-state index in [2.05, 4.69) is 20.4 Å². The summed E-state index contributed by atoms with van der Waals surface area (Å²) in [5, 5.41) is 7.63. The zero-order valence-corrected chi connectivity index (χ0v) is 14.7. The molecule has 0 atom stereocenters. The summed E-state index contributed by atoms with van der Waals surface area (Å²) in [6.07, 6.45) is 3.62. The summed E-state index contributed by atoms with van der Waals surface area (Å²) in [6, 6.07) is 1.96. The zero-order chi connectivity index (χ0) is 17.1. The van der Waals surface area contributed by atoms with Crippen molar-refractivity contribution in [3.63, 3.8) is 0 Å². The summed E-state index contributed by atoms with van der Waals surface area (Å²) in [5.41, 5.74) is 1.89. The third kappa shape index (κ3) is 3.72. The summed E-state index contributed by atoms with van der Waals surface area (Å²) >= 11 is 0. The van der Waals surface area contributed by atoms with Crippen LogP contribution in [0.1, 0.15) is 36.5 Å². The normalized spacial score (nSPS) is 16.0. The number of rotatable bonds is 5. The fourth-order valence-electron chi connectivity index (χ4n) is 3.35. The van der Waals surface area contributed by atoms with Crippen molar-refractivity contribution in [1.82, 2.24) is 29.8 Å². The third-order valence-corrected chi connectivity index (χ3v) is 4.74. The van der Waals surface area contributed by atoms with Crippen LogP contribution in [0.4, 0.5) is 0 Å². The van der Waals surface area contributed by atoms with Gasteiger partial charge in [0.15, 0.2) is 5.82 Å². The van der Waals surface area contributed by atoms with E-state index in [9.17, 15) is 4.79 Å². The number of carbonyl (C=O) groups excluding carboxylic acids is 1. The fraction of sp³-hybridized carbons (Fsp3) is 0.647. The maximum Gasteiger partial charge on any atom is 0.252 e. The first-order valence-corrected chi connectivity index (χ1v) is 8.69. The molecule has 1 N–H and O–H groups in total. The standard InChI is InChI=1S/C17H26N6O/c1-12-10-13(2)23-17(19-12)20-15(21-23)11-16(24)22-8-5-14(6-9-22)4-7-18-3/h10,14,18H,4-9,11H2,1-3H3. The smallest absolute Gasteiger partial charge is 0.252 e. The Morgan fingerprint density at radius 1 is 1.29 bits per heavy atom. The fourth-order valence-corrected chi connectivity index (χ4v) is 3.35. The highest BCUT2D eigenvalue weighted by Crippen LogP contribution is 2.20. The highest BCUT2D eigenvalue weighted by Gasteiger charge is 2.23. The van der Waals surface area contributed by atoms with Gasteiger partial charge in [0.2, 0.25) is 5.91 Å². The summed E-state index contributed by atoms with van der Waals surface area (Å²) in [4.78, 5) is 23.3. The monoisotopic (exact) mass is 330 g/mol. The Labute approximate surface area is 142 Å². The predicted octanol–water partition coefficient (Wildman–Crippen LogP) is 1.13. The van der Waals surface area contributed by atoms with E-state index < -0.39 is 0 Å². The quantitative estimate of drug-likeness (QED) is 0.889. The number of nitrogens with one attached hydrogen (secondary N) is 1. The molecule has 0 aromatic carbocycles. The van der Waals surface area contributed by atoms with E-state index in [0.717, 1.165) is 49.8 Å². The number of piperidine rings is 1. The molecule has 3 heterocycles. The van der Waals surface area contributed by atoms with Gasteiger partial charge in [-0.3, -0.25) is 4.79 Å². The SMILES string of the molecule is CNCCC1CCN(C(=O)Cc2nc3nc(C)cc(C)n3n2)CC1. The van der Waals surface area contributed by atoms with Gasteiger partial charge >= 0.3 is 0 Å². The molecule has 0 radical (unpaired) electrons. The summed E-state index contributed by atoms with van der Waals surface area (Å²) in [7, 11) is 1.98. The minimum Gasteiger partial charge on any atom is -0.342 e. The van der Waals surface area contributed by atoms with E-state index in [0.29, 0.717) is 11.6 Å². The molecular formula is C17H26N6O. The molecule has 1 fully saturated rings. The Morgan fingerprint density at radius 2 is 2.04 bits per heavy atom. The van der Waals surface area contributed by atoms with Crippen molar-refractivity contribution < 1.29 is 4.79 Å². The number of amides is 1. The van der Waals surface area contributed by atoms with E-state index in [4.69, 9.17) is 0 Å². The largest absolute Gasteiger partial charge is 0.342 e. The van der Waals surface area contributed by atoms with Crippen LogP contribution in [-0.2, 0) is 11.2 Å². The van der Waals surface area contributed by atoms with Crippen LogP contribution in [-0.4, -0.2) is 57.1 Å². The van der Waals surface area contributed by atoms with Crippen molar-refractivity contribution in [3.8, 4) is 0 Å². The lowest BCUT2D eigenvalue weighted by molar-refractivity contribution is -0.132. The number of fused-ring (bicyclic) bond motifs is 1. The van der Waals surface area contributed by atoms with E-state index in [1.807, 2.05) is 31.9 Å². The lowest BCUT2D eigenvalue weighted by atomic mass is 9.93. The molecule has 0 bridgehead atoms. The maximum atomic E-state index is 12.5. The van der Waals surface area contributed by atoms with Crippen LogP contribution in [0.15, 0.2) is 6.07 Å². The lowest BCUT2D eigenvalue weighted by Crippen LogP contribution is -2.39. The van der Waals surface area contributed by atoms with E-state index in [1.165, 1.54) is 6.42 Å². The van der Waals surface area contributed by atoms with Crippen molar-refractivity contribution in [2.45, 2.75) is 39.5 Å². The first kappa shape index (κ1) is 16.8. The number of aryl methyl sites for hydroxylation is 2. The molecule has 1 saturated heterocycles. The van der Waals surface area contributed by atoms with Gasteiger partial charge in [-0.05, 0) is 58.7 Å². The van der Waals surface area contributed by atoms with Crippen LogP contribution in [0, 0.1) is 19.8 Å². The topological polar surface area (TPSA) is 75.4 Å². The molecule has 0 unspecified atom stereocenters. The van der Waals surface area contributed by atoms with Crippen molar-refractivity contribution >= 4 is 11.7 Å². The highest BCUT2D eigenvalue weighted by atomic mass is 16.2. The molecule has 1 aliphatic rings. The molecule has 0 saturated carbocycles. The average Bonchev–Trinajstić information content (AvgIpc) is 2.96. The Morgan fingerprint density at radius 3 is 2.75 bits per heavy atom. The second kappa shape index (κ2) is 7.25. The molecular weight excluding hydrogens is 304 g/mol. The minimum atomic E-state index is 0.118. The minimum absolute atomic E-state index is 0.118. The van der Waals surface area contributed by atoms with Crippen molar-refractivity contribution in [2.24, 2.45) is 5.92 Å². The second-order valence-corrected chi connectivity index (χ2v) is 6.67. The molecule has 1 amide bonds. The molecule has 2 aromatic rings. The van der Waals surface area contributed by atoms with Gasteiger partial charge in [0.05, 0.1) is 6.42 Å². The van der Waals surface area contributed by atoms with E-state index >= 15 is 0 Å².